The predicted octanol–water partition coefficient (Wildman–Crippen LogP) is 1.57. The number of halogens is 1. The molecule has 29 heavy (non-hydrogen) atoms. The summed E-state index contributed by atoms with van der Waals surface area (Å²) in [7, 11) is 0. The molecule has 1 fully saturated rings. The third-order valence-corrected chi connectivity index (χ3v) is 3.89. The summed E-state index contributed by atoms with van der Waals surface area (Å²) in [5.41, 5.74) is 3.10. The zero-order valence-corrected chi connectivity index (χ0v) is 15.4. The van der Waals surface area contributed by atoms with Crippen LogP contribution in [0.25, 0.3) is 0 Å². The molecule has 1 saturated carbocycles. The third-order valence-electron chi connectivity index (χ3n) is 3.89. The zero-order chi connectivity index (χ0) is 20.6. The van der Waals surface area contributed by atoms with Crippen molar-refractivity contribution in [3.8, 4) is 5.75 Å². The third kappa shape index (κ3) is 6.42. The van der Waals surface area contributed by atoms with Gasteiger partial charge in [0.05, 0.1) is 6.21 Å². The summed E-state index contributed by atoms with van der Waals surface area (Å²) in [6, 6.07) is 12.2. The molecule has 3 N–H and O–H groups in total. The molecule has 1 aliphatic carbocycles. The molecule has 0 saturated heterocycles. The minimum Gasteiger partial charge on any atom is -0.483 e. The van der Waals surface area contributed by atoms with Gasteiger partial charge in [0.15, 0.2) is 6.61 Å². The van der Waals surface area contributed by atoms with Crippen molar-refractivity contribution < 1.29 is 23.5 Å². The van der Waals surface area contributed by atoms with E-state index < -0.39 is 23.5 Å². The maximum Gasteiger partial charge on any atom is 0.329 e. The van der Waals surface area contributed by atoms with Crippen molar-refractivity contribution in [2.45, 2.75) is 18.9 Å². The average molecular weight is 398 g/mol. The van der Waals surface area contributed by atoms with Crippen LogP contribution in [0.15, 0.2) is 53.6 Å². The topological polar surface area (TPSA) is 109 Å². The molecule has 1 aliphatic rings. The molecule has 0 heterocycles. The maximum absolute atomic E-state index is 12.9. The van der Waals surface area contributed by atoms with E-state index in [-0.39, 0.29) is 12.6 Å². The molecule has 0 atom stereocenters. The number of carbonyl (C=O) groups excluding carboxylic acids is 3. The van der Waals surface area contributed by atoms with E-state index in [4.69, 9.17) is 4.74 Å². The van der Waals surface area contributed by atoms with E-state index in [0.717, 1.165) is 12.8 Å². The minimum atomic E-state index is -0.856. The largest absolute Gasteiger partial charge is 0.483 e. The van der Waals surface area contributed by atoms with Crippen molar-refractivity contribution in [2.75, 3.05) is 11.9 Å². The van der Waals surface area contributed by atoms with Crippen molar-refractivity contribution in [2.24, 2.45) is 5.10 Å². The predicted molar refractivity (Wildman–Crippen MR) is 104 cm³/mol. The molecule has 0 bridgehead atoms. The van der Waals surface area contributed by atoms with Crippen molar-refractivity contribution in [3.05, 3.63) is 59.9 Å². The Balaban J connectivity index is 1.51. The number of amides is 3. The van der Waals surface area contributed by atoms with Crippen LogP contribution in [0.3, 0.4) is 0 Å². The first-order valence-corrected chi connectivity index (χ1v) is 8.92. The molecule has 9 heteroatoms. The van der Waals surface area contributed by atoms with E-state index in [1.165, 1.54) is 30.5 Å². The van der Waals surface area contributed by atoms with Crippen LogP contribution in [0, 0.1) is 5.82 Å². The fraction of sp³-hybridized carbons (Fsp3) is 0.200. The highest BCUT2D eigenvalue weighted by Crippen LogP contribution is 2.18. The Morgan fingerprint density at radius 1 is 1.07 bits per heavy atom. The normalized spacial score (nSPS) is 13.0. The van der Waals surface area contributed by atoms with Crippen LogP contribution in [0.2, 0.25) is 0 Å². The molecule has 0 unspecified atom stereocenters. The number of nitrogens with one attached hydrogen (secondary N) is 3. The molecular weight excluding hydrogens is 379 g/mol. The lowest BCUT2D eigenvalue weighted by molar-refractivity contribution is -0.139. The molecule has 0 aliphatic heterocycles. The molecule has 3 rings (SSSR count). The second-order valence-corrected chi connectivity index (χ2v) is 6.33. The van der Waals surface area contributed by atoms with Gasteiger partial charge in [-0.15, -0.1) is 0 Å². The van der Waals surface area contributed by atoms with Crippen molar-refractivity contribution in [3.63, 3.8) is 0 Å². The summed E-state index contributed by atoms with van der Waals surface area (Å²) in [4.78, 5) is 35.2. The number of hydrogen-bond acceptors (Lipinski definition) is 5. The summed E-state index contributed by atoms with van der Waals surface area (Å²) >= 11 is 0. The maximum atomic E-state index is 12.9. The van der Waals surface area contributed by atoms with Gasteiger partial charge in [-0.05, 0) is 49.2 Å². The Bertz CT molecular complexity index is 926. The standard InChI is InChI=1S/C20H19FN4O4/c21-14-5-7-15(8-6-14)23-18(26)12-29-17-4-2-1-3-13(17)11-22-25-20(28)19(27)24-16-9-10-16/h1-8,11,16H,9-10,12H2,(H,23,26)(H,24,27)(H,25,28)/b22-11-. The number of ether oxygens (including phenoxy) is 1. The van der Waals surface area contributed by atoms with Crippen LogP contribution in [0.1, 0.15) is 18.4 Å². The van der Waals surface area contributed by atoms with Crippen LogP contribution in [0.5, 0.6) is 5.75 Å². The molecule has 0 aromatic heterocycles. The lowest BCUT2D eigenvalue weighted by Gasteiger charge is -2.09. The SMILES string of the molecule is O=C(COc1ccccc1/C=N\NC(=O)C(=O)NC1CC1)Nc1ccc(F)cc1. The van der Waals surface area contributed by atoms with E-state index in [2.05, 4.69) is 21.2 Å². The van der Waals surface area contributed by atoms with E-state index in [1.54, 1.807) is 24.3 Å². The summed E-state index contributed by atoms with van der Waals surface area (Å²) in [5.74, 6) is -2.04. The van der Waals surface area contributed by atoms with Gasteiger partial charge < -0.3 is 15.4 Å². The van der Waals surface area contributed by atoms with Gasteiger partial charge >= 0.3 is 11.8 Å². The molecule has 2 aromatic rings. The minimum absolute atomic E-state index is 0.0763. The molecular formula is C20H19FN4O4. The molecule has 150 valence electrons. The van der Waals surface area contributed by atoms with Gasteiger partial charge in [-0.2, -0.15) is 5.10 Å². The van der Waals surface area contributed by atoms with Crippen LogP contribution in [-0.2, 0) is 14.4 Å². The van der Waals surface area contributed by atoms with Gasteiger partial charge in [0.25, 0.3) is 5.91 Å². The molecule has 2 aromatic carbocycles. The fourth-order valence-corrected chi connectivity index (χ4v) is 2.28. The highest BCUT2D eigenvalue weighted by Gasteiger charge is 2.26. The number of anilines is 1. The second-order valence-electron chi connectivity index (χ2n) is 6.33. The summed E-state index contributed by atoms with van der Waals surface area (Å²) in [6.45, 7) is -0.279. The highest BCUT2D eigenvalue weighted by atomic mass is 19.1. The van der Waals surface area contributed by atoms with E-state index in [1.807, 2.05) is 0 Å². The van der Waals surface area contributed by atoms with Gasteiger partial charge in [0, 0.05) is 17.3 Å². The number of carbonyl (C=O) groups is 3. The number of hydrogen-bond donors (Lipinski definition) is 3. The summed E-state index contributed by atoms with van der Waals surface area (Å²) in [6.07, 6.45) is 3.07. The van der Waals surface area contributed by atoms with Crippen LogP contribution in [-0.4, -0.2) is 36.6 Å². The first-order chi connectivity index (χ1) is 14.0. The van der Waals surface area contributed by atoms with Gasteiger partial charge in [-0.1, -0.05) is 12.1 Å². The van der Waals surface area contributed by atoms with Gasteiger partial charge in [0.2, 0.25) is 0 Å². The number of rotatable bonds is 7. The Kier molecular flexibility index (Phi) is 6.51. The van der Waals surface area contributed by atoms with E-state index in [0.29, 0.717) is 17.0 Å². The lowest BCUT2D eigenvalue weighted by atomic mass is 10.2. The average Bonchev–Trinajstić information content (AvgIpc) is 3.53. The Morgan fingerprint density at radius 2 is 1.79 bits per heavy atom. The highest BCUT2D eigenvalue weighted by molar-refractivity contribution is 6.35. The second kappa shape index (κ2) is 9.45. The zero-order valence-electron chi connectivity index (χ0n) is 15.4. The molecule has 8 nitrogen and oxygen atoms in total. The first kappa shape index (κ1) is 20.0. The molecule has 0 radical (unpaired) electrons. The quantitative estimate of drug-likeness (QED) is 0.374. The van der Waals surface area contributed by atoms with Crippen LogP contribution < -0.4 is 20.8 Å². The first-order valence-electron chi connectivity index (χ1n) is 8.92. The fourth-order valence-electron chi connectivity index (χ4n) is 2.28. The number of nitrogens with zero attached hydrogens (tertiary/aromatic N) is 1. The van der Waals surface area contributed by atoms with Gasteiger partial charge in [-0.25, -0.2) is 9.82 Å². The van der Waals surface area contributed by atoms with E-state index >= 15 is 0 Å². The summed E-state index contributed by atoms with van der Waals surface area (Å²) in [5, 5.41) is 8.89. The number of benzene rings is 2. The molecule has 0 spiro atoms. The lowest BCUT2D eigenvalue weighted by Crippen LogP contribution is -2.38. The number of para-hydroxylation sites is 1. The van der Waals surface area contributed by atoms with Crippen LogP contribution >= 0.6 is 0 Å². The summed E-state index contributed by atoms with van der Waals surface area (Å²) < 4.78 is 18.4. The Hall–Kier alpha value is -3.75. The van der Waals surface area contributed by atoms with Gasteiger partial charge in [0.1, 0.15) is 11.6 Å². The Morgan fingerprint density at radius 3 is 2.52 bits per heavy atom. The van der Waals surface area contributed by atoms with Crippen LogP contribution in [0.4, 0.5) is 10.1 Å². The monoisotopic (exact) mass is 398 g/mol. The number of hydrazone groups is 1. The molecule has 3 amide bonds. The van der Waals surface area contributed by atoms with Crippen molar-refractivity contribution in [1.82, 2.24) is 10.7 Å². The van der Waals surface area contributed by atoms with Crippen molar-refractivity contribution >= 4 is 29.6 Å². The van der Waals surface area contributed by atoms with Gasteiger partial charge in [-0.3, -0.25) is 14.4 Å². The smallest absolute Gasteiger partial charge is 0.329 e. The van der Waals surface area contributed by atoms with Crippen molar-refractivity contribution in [1.29, 1.82) is 0 Å². The van der Waals surface area contributed by atoms with E-state index in [9.17, 15) is 18.8 Å². The Labute approximate surface area is 166 Å².